The molecule has 0 bridgehead atoms. The number of fused-ring (bicyclic) bond motifs is 2. The lowest BCUT2D eigenvalue weighted by Crippen LogP contribution is -2.58. The predicted octanol–water partition coefficient (Wildman–Crippen LogP) is 4.22. The second-order valence-electron chi connectivity index (χ2n) is 6.71. The molecule has 23 heavy (non-hydrogen) atoms. The van der Waals surface area contributed by atoms with Crippen molar-refractivity contribution in [3.05, 3.63) is 59.7 Å². The molecule has 0 N–H and O–H groups in total. The molecule has 1 unspecified atom stereocenters. The van der Waals surface area contributed by atoms with E-state index >= 15 is 0 Å². The first kappa shape index (κ1) is 14.2. The third kappa shape index (κ3) is 1.65. The van der Waals surface area contributed by atoms with Gasteiger partial charge in [-0.3, -0.25) is 0 Å². The standard InChI is InChI=1S/C20H21NO2/c1-19(2)15-9-5-6-10-16(15)21(3)20(19)13-12-14-8-7-11-17(22-4)18(14)23-20/h5-13H,1-4H3. The summed E-state index contributed by atoms with van der Waals surface area (Å²) in [5.41, 5.74) is 2.81. The molecule has 3 heteroatoms. The zero-order chi connectivity index (χ0) is 16.2. The zero-order valence-electron chi connectivity index (χ0n) is 14.0. The van der Waals surface area contributed by atoms with E-state index in [0.29, 0.717) is 0 Å². The molecule has 0 saturated heterocycles. The Kier molecular flexibility index (Phi) is 2.80. The van der Waals surface area contributed by atoms with Crippen molar-refractivity contribution in [2.45, 2.75) is 25.0 Å². The number of anilines is 1. The van der Waals surface area contributed by atoms with Crippen LogP contribution in [0.1, 0.15) is 25.0 Å². The van der Waals surface area contributed by atoms with Crippen LogP contribution in [0, 0.1) is 0 Å². The fraction of sp³-hybridized carbons (Fsp3) is 0.300. The first-order valence-corrected chi connectivity index (χ1v) is 7.90. The van der Waals surface area contributed by atoms with E-state index in [1.165, 1.54) is 11.3 Å². The van der Waals surface area contributed by atoms with Crippen LogP contribution < -0.4 is 14.4 Å². The molecule has 118 valence electrons. The minimum absolute atomic E-state index is 0.187. The quantitative estimate of drug-likeness (QED) is 0.787. The molecule has 0 radical (unpaired) electrons. The molecule has 0 fully saturated rings. The molecular weight excluding hydrogens is 286 g/mol. The molecular formula is C20H21NO2. The molecule has 2 aromatic carbocycles. The Labute approximate surface area is 137 Å². The molecule has 1 spiro atoms. The van der Waals surface area contributed by atoms with E-state index in [1.54, 1.807) is 7.11 Å². The predicted molar refractivity (Wildman–Crippen MR) is 93.3 cm³/mol. The maximum absolute atomic E-state index is 6.63. The molecule has 1 atom stereocenters. The first-order chi connectivity index (χ1) is 11.0. The number of para-hydroxylation sites is 2. The van der Waals surface area contributed by atoms with E-state index < -0.39 is 5.72 Å². The maximum Gasteiger partial charge on any atom is 0.212 e. The van der Waals surface area contributed by atoms with Crippen molar-refractivity contribution in [1.29, 1.82) is 0 Å². The fourth-order valence-corrected chi connectivity index (χ4v) is 3.93. The third-order valence-electron chi connectivity index (χ3n) is 5.31. The van der Waals surface area contributed by atoms with Crippen LogP contribution in [0.15, 0.2) is 48.5 Å². The summed E-state index contributed by atoms with van der Waals surface area (Å²) in [6, 6.07) is 14.5. The molecule has 2 aromatic rings. The average molecular weight is 307 g/mol. The van der Waals surface area contributed by atoms with E-state index in [9.17, 15) is 0 Å². The van der Waals surface area contributed by atoms with Gasteiger partial charge in [-0.25, -0.2) is 0 Å². The van der Waals surface area contributed by atoms with Crippen LogP contribution in [0.5, 0.6) is 11.5 Å². The number of ether oxygens (including phenoxy) is 2. The van der Waals surface area contributed by atoms with Crippen molar-refractivity contribution in [1.82, 2.24) is 0 Å². The van der Waals surface area contributed by atoms with Crippen LogP contribution in [0.2, 0.25) is 0 Å². The van der Waals surface area contributed by atoms with Gasteiger partial charge in [0.25, 0.3) is 0 Å². The molecule has 2 aliphatic heterocycles. The number of hydrogen-bond acceptors (Lipinski definition) is 3. The number of nitrogens with zero attached hydrogens (tertiary/aromatic N) is 1. The van der Waals surface area contributed by atoms with Crippen molar-refractivity contribution < 1.29 is 9.47 Å². The fourth-order valence-electron chi connectivity index (χ4n) is 3.93. The third-order valence-corrected chi connectivity index (χ3v) is 5.31. The Morgan fingerprint density at radius 1 is 1.04 bits per heavy atom. The minimum Gasteiger partial charge on any atom is -0.493 e. The number of hydrogen-bond donors (Lipinski definition) is 0. The summed E-state index contributed by atoms with van der Waals surface area (Å²) in [4.78, 5) is 2.23. The van der Waals surface area contributed by atoms with E-state index in [-0.39, 0.29) is 5.41 Å². The number of benzene rings is 2. The van der Waals surface area contributed by atoms with Crippen molar-refractivity contribution in [2.24, 2.45) is 0 Å². The van der Waals surface area contributed by atoms with Crippen LogP contribution in [-0.4, -0.2) is 19.9 Å². The SMILES string of the molecule is COc1cccc2c1OC1(C=C2)N(C)c2ccccc2C1(C)C. The Balaban J connectivity index is 1.91. The second kappa shape index (κ2) is 4.54. The van der Waals surface area contributed by atoms with Crippen molar-refractivity contribution >= 4 is 11.8 Å². The summed E-state index contributed by atoms with van der Waals surface area (Å²) in [5, 5.41) is 0. The van der Waals surface area contributed by atoms with E-state index in [1.807, 2.05) is 12.1 Å². The van der Waals surface area contributed by atoms with Gasteiger partial charge in [0.1, 0.15) is 0 Å². The Morgan fingerprint density at radius 3 is 2.57 bits per heavy atom. The van der Waals surface area contributed by atoms with Gasteiger partial charge in [0.05, 0.1) is 12.5 Å². The summed E-state index contributed by atoms with van der Waals surface area (Å²) in [7, 11) is 3.78. The monoisotopic (exact) mass is 307 g/mol. The van der Waals surface area contributed by atoms with E-state index in [2.05, 4.69) is 68.3 Å². The number of likely N-dealkylation sites (N-methyl/N-ethyl adjacent to an activating group) is 1. The second-order valence-corrected chi connectivity index (χ2v) is 6.71. The Morgan fingerprint density at radius 2 is 1.83 bits per heavy atom. The van der Waals surface area contributed by atoms with Crippen LogP contribution in [0.25, 0.3) is 6.08 Å². The minimum atomic E-state index is -0.557. The highest BCUT2D eigenvalue weighted by Crippen LogP contribution is 2.55. The number of methoxy groups -OCH3 is 1. The van der Waals surface area contributed by atoms with Gasteiger partial charge in [-0.05, 0) is 43.7 Å². The lowest BCUT2D eigenvalue weighted by Gasteiger charge is -2.46. The topological polar surface area (TPSA) is 21.7 Å². The largest absolute Gasteiger partial charge is 0.493 e. The van der Waals surface area contributed by atoms with Crippen molar-refractivity contribution in [3.63, 3.8) is 0 Å². The van der Waals surface area contributed by atoms with Crippen molar-refractivity contribution in [3.8, 4) is 11.5 Å². The van der Waals surface area contributed by atoms with Crippen LogP contribution in [0.3, 0.4) is 0 Å². The van der Waals surface area contributed by atoms with Crippen LogP contribution >= 0.6 is 0 Å². The summed E-state index contributed by atoms with van der Waals surface area (Å²) in [6.07, 6.45) is 4.32. The maximum atomic E-state index is 6.63. The van der Waals surface area contributed by atoms with E-state index in [0.717, 1.165) is 17.1 Å². The van der Waals surface area contributed by atoms with E-state index in [4.69, 9.17) is 9.47 Å². The molecule has 3 nitrogen and oxygen atoms in total. The lowest BCUT2D eigenvalue weighted by molar-refractivity contribution is 0.0552. The molecule has 0 amide bonds. The molecule has 0 aliphatic carbocycles. The summed E-state index contributed by atoms with van der Waals surface area (Å²) in [6.45, 7) is 4.47. The molecule has 4 rings (SSSR count). The molecule has 0 saturated carbocycles. The highest BCUT2D eigenvalue weighted by atomic mass is 16.5. The lowest BCUT2D eigenvalue weighted by atomic mass is 9.76. The normalized spacial score (nSPS) is 23.4. The average Bonchev–Trinajstić information content (AvgIpc) is 2.74. The van der Waals surface area contributed by atoms with Gasteiger partial charge in [0, 0.05) is 18.3 Å². The van der Waals surface area contributed by atoms with Crippen LogP contribution in [-0.2, 0) is 5.41 Å². The van der Waals surface area contributed by atoms with Gasteiger partial charge < -0.3 is 14.4 Å². The van der Waals surface area contributed by atoms with Gasteiger partial charge in [-0.15, -0.1) is 0 Å². The summed E-state index contributed by atoms with van der Waals surface area (Å²) in [5.74, 6) is 1.58. The summed E-state index contributed by atoms with van der Waals surface area (Å²) < 4.78 is 12.1. The van der Waals surface area contributed by atoms with Gasteiger partial charge in [0.2, 0.25) is 5.72 Å². The summed E-state index contributed by atoms with van der Waals surface area (Å²) >= 11 is 0. The smallest absolute Gasteiger partial charge is 0.212 e. The first-order valence-electron chi connectivity index (χ1n) is 7.90. The van der Waals surface area contributed by atoms with Gasteiger partial charge in [0.15, 0.2) is 11.5 Å². The highest BCUT2D eigenvalue weighted by molar-refractivity contribution is 5.73. The zero-order valence-corrected chi connectivity index (χ0v) is 14.0. The molecule has 2 heterocycles. The molecule has 2 aliphatic rings. The van der Waals surface area contributed by atoms with Gasteiger partial charge in [-0.1, -0.05) is 30.3 Å². The Bertz CT molecular complexity index is 809. The van der Waals surface area contributed by atoms with Gasteiger partial charge in [-0.2, -0.15) is 0 Å². The Hall–Kier alpha value is -2.42. The van der Waals surface area contributed by atoms with Crippen LogP contribution in [0.4, 0.5) is 5.69 Å². The highest BCUT2D eigenvalue weighted by Gasteiger charge is 2.57. The van der Waals surface area contributed by atoms with Crippen molar-refractivity contribution in [2.75, 3.05) is 19.1 Å². The molecule has 0 aromatic heterocycles. The number of rotatable bonds is 1. The van der Waals surface area contributed by atoms with Gasteiger partial charge >= 0.3 is 0 Å².